The number of thioether (sulfide) groups is 1. The monoisotopic (exact) mass is 374 g/mol. The van der Waals surface area contributed by atoms with E-state index in [1.165, 1.54) is 12.2 Å². The van der Waals surface area contributed by atoms with E-state index in [2.05, 4.69) is 11.2 Å². The highest BCUT2D eigenvalue weighted by atomic mass is 32.2. The third-order valence-corrected chi connectivity index (χ3v) is 5.89. The zero-order chi connectivity index (χ0) is 18.3. The smallest absolute Gasteiger partial charge is 0.311 e. The molecule has 2 fully saturated rings. The van der Waals surface area contributed by atoms with Crippen LogP contribution in [0.1, 0.15) is 25.7 Å². The molecule has 144 valence electrons. The van der Waals surface area contributed by atoms with Crippen molar-refractivity contribution < 1.29 is 23.9 Å². The molecule has 1 atom stereocenters. The van der Waals surface area contributed by atoms with E-state index in [-0.39, 0.29) is 18.3 Å². The van der Waals surface area contributed by atoms with Gasteiger partial charge in [0.25, 0.3) is 0 Å². The predicted octanol–water partition coefficient (Wildman–Crippen LogP) is 1.17. The number of amides is 1. The lowest BCUT2D eigenvalue weighted by Crippen LogP contribution is -2.57. The van der Waals surface area contributed by atoms with Gasteiger partial charge in [-0.1, -0.05) is 0 Å². The number of hydrogen-bond acceptors (Lipinski definition) is 7. The molecule has 0 aromatic heterocycles. The number of methoxy groups -OCH3 is 2. The second kappa shape index (κ2) is 9.75. The Bertz CT molecular complexity index is 454. The Balaban J connectivity index is 2.07. The van der Waals surface area contributed by atoms with Gasteiger partial charge in [-0.3, -0.25) is 14.4 Å². The second-order valence-electron chi connectivity index (χ2n) is 6.59. The minimum atomic E-state index is -0.589. The van der Waals surface area contributed by atoms with E-state index < -0.39 is 11.5 Å². The number of hydrogen-bond donors (Lipinski definition) is 0. The van der Waals surface area contributed by atoms with E-state index >= 15 is 0 Å². The molecule has 0 aromatic rings. The molecule has 0 N–H and O–H groups in total. The summed E-state index contributed by atoms with van der Waals surface area (Å²) in [5, 5.41) is 1.47. The molecule has 25 heavy (non-hydrogen) atoms. The summed E-state index contributed by atoms with van der Waals surface area (Å²) < 4.78 is 9.99. The highest BCUT2D eigenvalue weighted by molar-refractivity contribution is 7.98. The molecule has 2 aliphatic heterocycles. The molecule has 0 saturated carbocycles. The number of esters is 1. The van der Waals surface area contributed by atoms with Crippen molar-refractivity contribution >= 4 is 23.6 Å². The van der Waals surface area contributed by atoms with Crippen LogP contribution in [0.5, 0.6) is 0 Å². The van der Waals surface area contributed by atoms with Gasteiger partial charge in [-0.25, -0.2) is 5.06 Å². The molecular weight excluding hydrogens is 344 g/mol. The molecule has 0 bridgehead atoms. The van der Waals surface area contributed by atoms with Gasteiger partial charge < -0.3 is 14.4 Å². The summed E-state index contributed by atoms with van der Waals surface area (Å²) in [6.07, 6.45) is 4.88. The zero-order valence-electron chi connectivity index (χ0n) is 15.5. The van der Waals surface area contributed by atoms with Gasteiger partial charge in [-0.15, -0.1) is 0 Å². The molecule has 1 spiro atoms. The van der Waals surface area contributed by atoms with Crippen LogP contribution in [0.2, 0.25) is 0 Å². The number of ether oxygens (including phenoxy) is 2. The first-order valence-electron chi connectivity index (χ1n) is 8.83. The summed E-state index contributed by atoms with van der Waals surface area (Å²) in [7, 11) is 2.97. The number of likely N-dealkylation sites (tertiary alicyclic amines) is 1. The molecule has 8 heteroatoms. The number of nitrogens with zero attached hydrogens (tertiary/aromatic N) is 2. The number of carbonyl (C=O) groups is 2. The Labute approximate surface area is 154 Å². The maximum Gasteiger partial charge on any atom is 0.311 e. The summed E-state index contributed by atoms with van der Waals surface area (Å²) in [5.41, 5.74) is -0.589. The fraction of sp³-hybridized carbons (Fsp3) is 0.882. The van der Waals surface area contributed by atoms with E-state index in [4.69, 9.17) is 14.3 Å². The maximum atomic E-state index is 12.5. The van der Waals surface area contributed by atoms with Gasteiger partial charge in [0.2, 0.25) is 5.91 Å². The zero-order valence-corrected chi connectivity index (χ0v) is 16.3. The highest BCUT2D eigenvalue weighted by Crippen LogP contribution is 2.44. The van der Waals surface area contributed by atoms with Gasteiger partial charge in [0.15, 0.2) is 0 Å². The van der Waals surface area contributed by atoms with Crippen LogP contribution in [0, 0.1) is 5.92 Å². The third-order valence-electron chi connectivity index (χ3n) is 5.20. The first-order valence-corrected chi connectivity index (χ1v) is 10.2. The Morgan fingerprint density at radius 1 is 1.28 bits per heavy atom. The lowest BCUT2D eigenvalue weighted by molar-refractivity contribution is -0.226. The molecular formula is C17H30N2O5S. The van der Waals surface area contributed by atoms with Gasteiger partial charge in [-0.2, -0.15) is 11.8 Å². The Morgan fingerprint density at radius 3 is 2.60 bits per heavy atom. The van der Waals surface area contributed by atoms with Crippen molar-refractivity contribution in [2.45, 2.75) is 31.2 Å². The lowest BCUT2D eigenvalue weighted by atomic mass is 9.77. The number of hydroxylamine groups is 2. The summed E-state index contributed by atoms with van der Waals surface area (Å²) in [5.74, 6) is 0.238. The van der Waals surface area contributed by atoms with Crippen LogP contribution < -0.4 is 0 Å². The summed E-state index contributed by atoms with van der Waals surface area (Å²) in [6, 6.07) is 0. The van der Waals surface area contributed by atoms with E-state index in [0.29, 0.717) is 13.2 Å². The quantitative estimate of drug-likeness (QED) is 0.443. The molecule has 0 aromatic carbocycles. The van der Waals surface area contributed by atoms with Crippen LogP contribution in [-0.2, 0) is 23.9 Å². The normalized spacial score (nSPS) is 23.4. The fourth-order valence-electron chi connectivity index (χ4n) is 3.84. The van der Waals surface area contributed by atoms with Crippen LogP contribution in [0.25, 0.3) is 0 Å². The summed E-state index contributed by atoms with van der Waals surface area (Å²) >= 11 is 1.86. The standard InChI is InChI=1S/C17H30N2O5S/c1-22-10-11-24-19-15(20)13-14(16(21)23-2)17(19)5-8-18(9-6-17)7-4-12-25-3/h14H,4-13H2,1-3H3. The highest BCUT2D eigenvalue weighted by Gasteiger charge is 2.58. The predicted molar refractivity (Wildman–Crippen MR) is 96.2 cm³/mol. The SMILES string of the molecule is COCCON1C(=O)CC(C(=O)OC)C12CCN(CCCSC)CC2. The van der Waals surface area contributed by atoms with Crippen molar-refractivity contribution in [3.05, 3.63) is 0 Å². The molecule has 2 heterocycles. The van der Waals surface area contributed by atoms with Crippen molar-refractivity contribution in [1.82, 2.24) is 9.96 Å². The average Bonchev–Trinajstić information content (AvgIpc) is 2.89. The average molecular weight is 375 g/mol. The molecule has 2 saturated heterocycles. The van der Waals surface area contributed by atoms with Crippen molar-refractivity contribution in [3.8, 4) is 0 Å². The molecule has 2 aliphatic rings. The van der Waals surface area contributed by atoms with Crippen LogP contribution in [0.3, 0.4) is 0 Å². The van der Waals surface area contributed by atoms with Crippen LogP contribution in [0.4, 0.5) is 0 Å². The van der Waals surface area contributed by atoms with E-state index in [0.717, 1.165) is 44.6 Å². The van der Waals surface area contributed by atoms with Crippen molar-refractivity contribution in [2.75, 3.05) is 59.1 Å². The van der Waals surface area contributed by atoms with Crippen LogP contribution in [0.15, 0.2) is 0 Å². The van der Waals surface area contributed by atoms with E-state index in [9.17, 15) is 9.59 Å². The Hall–Kier alpha value is -0.830. The van der Waals surface area contributed by atoms with Gasteiger partial charge >= 0.3 is 5.97 Å². The largest absolute Gasteiger partial charge is 0.469 e. The third kappa shape index (κ3) is 4.67. The lowest BCUT2D eigenvalue weighted by Gasteiger charge is -2.45. The molecule has 1 unspecified atom stereocenters. The van der Waals surface area contributed by atoms with E-state index in [1.54, 1.807) is 7.11 Å². The Kier molecular flexibility index (Phi) is 7.99. The molecule has 1 amide bonds. The summed E-state index contributed by atoms with van der Waals surface area (Å²) in [4.78, 5) is 32.9. The topological polar surface area (TPSA) is 68.3 Å². The first-order chi connectivity index (χ1) is 12.1. The molecule has 2 rings (SSSR count). The van der Waals surface area contributed by atoms with Crippen molar-refractivity contribution in [2.24, 2.45) is 5.92 Å². The van der Waals surface area contributed by atoms with Gasteiger partial charge in [0, 0.05) is 26.6 Å². The van der Waals surface area contributed by atoms with E-state index in [1.807, 2.05) is 11.8 Å². The second-order valence-corrected chi connectivity index (χ2v) is 7.57. The van der Waals surface area contributed by atoms with Crippen molar-refractivity contribution in [3.63, 3.8) is 0 Å². The number of rotatable bonds is 9. The molecule has 7 nitrogen and oxygen atoms in total. The summed E-state index contributed by atoms with van der Waals surface area (Å²) in [6.45, 7) is 3.48. The van der Waals surface area contributed by atoms with Gasteiger partial charge in [-0.05, 0) is 37.8 Å². The van der Waals surface area contributed by atoms with Gasteiger partial charge in [0.1, 0.15) is 0 Å². The molecule has 0 aliphatic carbocycles. The van der Waals surface area contributed by atoms with Crippen molar-refractivity contribution in [1.29, 1.82) is 0 Å². The van der Waals surface area contributed by atoms with Crippen LogP contribution in [-0.4, -0.2) is 86.5 Å². The maximum absolute atomic E-state index is 12.5. The molecule has 0 radical (unpaired) electrons. The minimum absolute atomic E-state index is 0.137. The Morgan fingerprint density at radius 2 is 2.00 bits per heavy atom. The number of carbonyl (C=O) groups excluding carboxylic acids is 2. The minimum Gasteiger partial charge on any atom is -0.469 e. The number of piperidine rings is 1. The van der Waals surface area contributed by atoms with Gasteiger partial charge in [0.05, 0.1) is 31.8 Å². The fourth-order valence-corrected chi connectivity index (χ4v) is 4.26. The first kappa shape index (κ1) is 20.5. The van der Waals surface area contributed by atoms with Crippen LogP contribution >= 0.6 is 11.8 Å².